The molecule has 0 saturated carbocycles. The Morgan fingerprint density at radius 1 is 0.692 bits per heavy atom. The molecule has 4 aromatic carbocycles. The van der Waals surface area contributed by atoms with Gasteiger partial charge in [-0.3, -0.25) is 4.99 Å². The van der Waals surface area contributed by atoms with Crippen molar-refractivity contribution in [1.29, 1.82) is 0 Å². The molecule has 0 spiro atoms. The quantitative estimate of drug-likeness (QED) is 0.240. The predicted octanol–water partition coefficient (Wildman–Crippen LogP) is 9.52. The summed E-state index contributed by atoms with van der Waals surface area (Å²) < 4.78 is 6.44. The zero-order valence-corrected chi connectivity index (χ0v) is 22.7. The van der Waals surface area contributed by atoms with Crippen molar-refractivity contribution in [3.63, 3.8) is 0 Å². The average Bonchev–Trinajstić information content (AvgIpc) is 3.50. The van der Waals surface area contributed by atoms with E-state index in [0.29, 0.717) is 5.71 Å². The molecule has 0 amide bonds. The fourth-order valence-corrected chi connectivity index (χ4v) is 5.95. The second kappa shape index (κ2) is 8.78. The van der Waals surface area contributed by atoms with Gasteiger partial charge in [-0.05, 0) is 64.4 Å². The molecule has 6 aromatic rings. The molecule has 1 atom stereocenters. The Kier molecular flexibility index (Phi) is 5.31. The highest BCUT2D eigenvalue weighted by Gasteiger charge is 2.35. The number of benzene rings is 4. The lowest BCUT2D eigenvalue weighted by Gasteiger charge is -2.28. The molecule has 3 heteroatoms. The first-order chi connectivity index (χ1) is 18.9. The maximum absolute atomic E-state index is 6.44. The Bertz CT molecular complexity index is 1900. The fourth-order valence-electron chi connectivity index (χ4n) is 5.95. The first-order valence-electron chi connectivity index (χ1n) is 13.5. The number of rotatable bonds is 3. The number of nitrogens with zero attached hydrogens (tertiary/aromatic N) is 2. The van der Waals surface area contributed by atoms with Gasteiger partial charge >= 0.3 is 0 Å². The molecule has 0 saturated heterocycles. The summed E-state index contributed by atoms with van der Waals surface area (Å²) in [5.74, 6) is -0.00578. The molecule has 0 radical (unpaired) electrons. The third kappa shape index (κ3) is 3.88. The second-order valence-corrected chi connectivity index (χ2v) is 11.5. The number of hydrogen-bond acceptors (Lipinski definition) is 3. The van der Waals surface area contributed by atoms with Crippen molar-refractivity contribution in [1.82, 2.24) is 4.98 Å². The molecule has 0 N–H and O–H groups in total. The summed E-state index contributed by atoms with van der Waals surface area (Å²) in [4.78, 5) is 9.93. The van der Waals surface area contributed by atoms with E-state index < -0.39 is 0 Å². The molecule has 1 aliphatic rings. The van der Waals surface area contributed by atoms with Crippen LogP contribution in [0, 0.1) is 6.92 Å². The Morgan fingerprint density at radius 2 is 1.49 bits per heavy atom. The minimum atomic E-state index is -0.0599. The normalized spacial score (nSPS) is 15.1. The molecular formula is C36H30N2O. The predicted molar refractivity (Wildman–Crippen MR) is 161 cm³/mol. The number of furan rings is 1. The van der Waals surface area contributed by atoms with E-state index in [1.807, 2.05) is 13.0 Å². The van der Waals surface area contributed by atoms with Crippen LogP contribution in [-0.4, -0.2) is 10.7 Å². The van der Waals surface area contributed by atoms with E-state index in [-0.39, 0.29) is 11.3 Å². The lowest BCUT2D eigenvalue weighted by Crippen LogP contribution is -2.20. The van der Waals surface area contributed by atoms with Crippen molar-refractivity contribution < 1.29 is 4.42 Å². The molecule has 0 aliphatic carbocycles. The summed E-state index contributed by atoms with van der Waals surface area (Å²) in [5, 5.41) is 2.11. The van der Waals surface area contributed by atoms with Crippen LogP contribution < -0.4 is 0 Å². The molecular weight excluding hydrogens is 476 g/mol. The fraction of sp³-hybridized carbons (Fsp3) is 0.167. The van der Waals surface area contributed by atoms with E-state index in [0.717, 1.165) is 39.0 Å². The molecule has 2 aromatic heterocycles. The van der Waals surface area contributed by atoms with Gasteiger partial charge in [0, 0.05) is 22.0 Å². The van der Waals surface area contributed by atoms with Crippen molar-refractivity contribution in [3.8, 4) is 11.1 Å². The Hall–Kier alpha value is -4.50. The zero-order chi connectivity index (χ0) is 26.7. The summed E-state index contributed by atoms with van der Waals surface area (Å²) in [7, 11) is 0. The van der Waals surface area contributed by atoms with Crippen molar-refractivity contribution in [2.45, 2.75) is 39.0 Å². The van der Waals surface area contributed by atoms with Gasteiger partial charge in [-0.2, -0.15) is 0 Å². The van der Waals surface area contributed by atoms with Crippen molar-refractivity contribution in [2.75, 3.05) is 0 Å². The van der Waals surface area contributed by atoms with E-state index in [2.05, 4.69) is 123 Å². The average molecular weight is 507 g/mol. The van der Waals surface area contributed by atoms with Gasteiger partial charge in [0.1, 0.15) is 5.58 Å². The molecule has 7 rings (SSSR count). The summed E-state index contributed by atoms with van der Waals surface area (Å²) >= 11 is 0. The van der Waals surface area contributed by atoms with Crippen LogP contribution in [0.25, 0.3) is 33.2 Å². The number of aromatic nitrogens is 1. The monoisotopic (exact) mass is 506 g/mol. The van der Waals surface area contributed by atoms with E-state index >= 15 is 0 Å². The summed E-state index contributed by atoms with van der Waals surface area (Å²) in [6.07, 6.45) is 0. The number of para-hydroxylation sites is 2. The SMILES string of the molecule is Cc1ccc2c(n1)oc1c(C3=Nc4ccccc4C3c3ccc(-c4ccccc4)cc3C(C)(C)C)cccc12. The number of aliphatic imine (C=N–C) groups is 1. The van der Waals surface area contributed by atoms with Crippen molar-refractivity contribution >= 4 is 33.5 Å². The van der Waals surface area contributed by atoms with Crippen LogP contribution in [0.5, 0.6) is 0 Å². The Morgan fingerprint density at radius 3 is 2.31 bits per heavy atom. The van der Waals surface area contributed by atoms with Crippen molar-refractivity contribution in [3.05, 3.63) is 131 Å². The number of fused-ring (bicyclic) bond motifs is 4. The van der Waals surface area contributed by atoms with Crippen LogP contribution in [0.1, 0.15) is 54.6 Å². The van der Waals surface area contributed by atoms with Crippen LogP contribution in [0.4, 0.5) is 5.69 Å². The lowest BCUT2D eigenvalue weighted by atomic mass is 9.75. The van der Waals surface area contributed by atoms with Crippen LogP contribution in [0.2, 0.25) is 0 Å². The first kappa shape index (κ1) is 23.6. The zero-order valence-electron chi connectivity index (χ0n) is 22.7. The molecule has 1 aliphatic heterocycles. The number of aryl methyl sites for hydroxylation is 1. The maximum atomic E-state index is 6.44. The highest BCUT2D eigenvalue weighted by atomic mass is 16.3. The van der Waals surface area contributed by atoms with E-state index in [4.69, 9.17) is 9.41 Å². The first-order valence-corrected chi connectivity index (χ1v) is 13.5. The minimum absolute atomic E-state index is 0.00578. The smallest absolute Gasteiger partial charge is 0.227 e. The number of pyridine rings is 1. The highest BCUT2D eigenvalue weighted by Crippen LogP contribution is 2.46. The Balaban J connectivity index is 1.47. The van der Waals surface area contributed by atoms with Gasteiger partial charge in [0.15, 0.2) is 0 Å². The van der Waals surface area contributed by atoms with Gasteiger partial charge in [-0.15, -0.1) is 0 Å². The molecule has 190 valence electrons. The van der Waals surface area contributed by atoms with Crippen molar-refractivity contribution in [2.24, 2.45) is 4.99 Å². The maximum Gasteiger partial charge on any atom is 0.227 e. The summed E-state index contributed by atoms with van der Waals surface area (Å²) in [6.45, 7) is 8.89. The largest absolute Gasteiger partial charge is 0.437 e. The van der Waals surface area contributed by atoms with Gasteiger partial charge in [-0.1, -0.05) is 99.6 Å². The van der Waals surface area contributed by atoms with Crippen LogP contribution >= 0.6 is 0 Å². The van der Waals surface area contributed by atoms with Gasteiger partial charge in [0.25, 0.3) is 0 Å². The molecule has 3 nitrogen and oxygen atoms in total. The summed E-state index contributed by atoms with van der Waals surface area (Å²) in [5.41, 5.74) is 11.8. The van der Waals surface area contributed by atoms with Crippen LogP contribution in [-0.2, 0) is 5.41 Å². The molecule has 0 fully saturated rings. The highest BCUT2D eigenvalue weighted by molar-refractivity contribution is 6.20. The molecule has 39 heavy (non-hydrogen) atoms. The van der Waals surface area contributed by atoms with E-state index in [1.54, 1.807) is 0 Å². The lowest BCUT2D eigenvalue weighted by molar-refractivity contribution is 0.583. The van der Waals surface area contributed by atoms with Gasteiger partial charge in [-0.25, -0.2) is 4.98 Å². The second-order valence-electron chi connectivity index (χ2n) is 11.5. The standard InChI is InChI=1S/C36H30N2O/c1-22-17-19-26-25-14-10-15-29(34(25)39-35(26)37-22)33-32(28-13-8-9-16-31(28)38-33)27-20-18-24(21-30(27)36(2,3)4)23-11-6-5-7-12-23/h5-21,32H,1-4H3. The summed E-state index contributed by atoms with van der Waals surface area (Å²) in [6, 6.07) is 36.6. The third-order valence-electron chi connectivity index (χ3n) is 7.82. The van der Waals surface area contributed by atoms with Gasteiger partial charge in [0.05, 0.1) is 17.3 Å². The van der Waals surface area contributed by atoms with E-state index in [9.17, 15) is 0 Å². The van der Waals surface area contributed by atoms with Crippen LogP contribution in [0.15, 0.2) is 113 Å². The molecule has 1 unspecified atom stereocenters. The van der Waals surface area contributed by atoms with Crippen LogP contribution in [0.3, 0.4) is 0 Å². The third-order valence-corrected chi connectivity index (χ3v) is 7.82. The van der Waals surface area contributed by atoms with Gasteiger partial charge < -0.3 is 4.42 Å². The van der Waals surface area contributed by atoms with Gasteiger partial charge in [0.2, 0.25) is 5.71 Å². The Labute approximate surface area is 228 Å². The topological polar surface area (TPSA) is 38.4 Å². The number of hydrogen-bond donors (Lipinski definition) is 0. The van der Waals surface area contributed by atoms with E-state index in [1.165, 1.54) is 27.8 Å². The molecule has 0 bridgehead atoms. The molecule has 3 heterocycles. The minimum Gasteiger partial charge on any atom is -0.437 e.